The molecule has 0 amide bonds. The fourth-order valence-corrected chi connectivity index (χ4v) is 2.39. The summed E-state index contributed by atoms with van der Waals surface area (Å²) in [6.45, 7) is 1.98. The average molecular weight is 372 g/mol. The second-order valence-electron chi connectivity index (χ2n) is 5.22. The molecule has 1 unspecified atom stereocenters. The molecule has 0 radical (unpaired) electrons. The number of carbonyl (C=O) groups is 1. The van der Waals surface area contributed by atoms with Crippen molar-refractivity contribution in [1.82, 2.24) is 5.32 Å². The van der Waals surface area contributed by atoms with Gasteiger partial charge >= 0.3 is 5.97 Å². The SMILES string of the molecule is CC(NCc1cc(Cl)ccc1OCc1ccc(F)cc1Cl)C(=O)O. The van der Waals surface area contributed by atoms with E-state index in [2.05, 4.69) is 5.32 Å². The van der Waals surface area contributed by atoms with Gasteiger partial charge < -0.3 is 15.2 Å². The molecule has 0 heterocycles. The number of rotatable bonds is 7. The Morgan fingerprint density at radius 2 is 2.00 bits per heavy atom. The Morgan fingerprint density at radius 3 is 2.67 bits per heavy atom. The van der Waals surface area contributed by atoms with Gasteiger partial charge in [-0.1, -0.05) is 29.3 Å². The Hall–Kier alpha value is -1.82. The van der Waals surface area contributed by atoms with Gasteiger partial charge in [-0.3, -0.25) is 4.79 Å². The quantitative estimate of drug-likeness (QED) is 0.762. The van der Waals surface area contributed by atoms with Crippen LogP contribution in [-0.2, 0) is 17.9 Å². The zero-order chi connectivity index (χ0) is 17.7. The van der Waals surface area contributed by atoms with Crippen LogP contribution in [-0.4, -0.2) is 17.1 Å². The second kappa shape index (κ2) is 8.33. The first-order valence-corrected chi connectivity index (χ1v) is 7.93. The van der Waals surface area contributed by atoms with Crippen LogP contribution in [0.5, 0.6) is 5.75 Å². The predicted octanol–water partition coefficient (Wildman–Crippen LogP) is 4.27. The van der Waals surface area contributed by atoms with Crippen LogP contribution in [0.15, 0.2) is 36.4 Å². The van der Waals surface area contributed by atoms with Crippen molar-refractivity contribution in [1.29, 1.82) is 0 Å². The van der Waals surface area contributed by atoms with Crippen LogP contribution in [0, 0.1) is 5.82 Å². The summed E-state index contributed by atoms with van der Waals surface area (Å²) < 4.78 is 18.8. The highest BCUT2D eigenvalue weighted by molar-refractivity contribution is 6.31. The lowest BCUT2D eigenvalue weighted by Crippen LogP contribution is -2.33. The second-order valence-corrected chi connectivity index (χ2v) is 6.06. The summed E-state index contributed by atoms with van der Waals surface area (Å²) in [5.41, 5.74) is 1.36. The van der Waals surface area contributed by atoms with E-state index in [0.29, 0.717) is 21.9 Å². The van der Waals surface area contributed by atoms with E-state index in [1.54, 1.807) is 31.2 Å². The Kier molecular flexibility index (Phi) is 6.43. The third kappa shape index (κ3) is 5.09. The van der Waals surface area contributed by atoms with Crippen molar-refractivity contribution in [2.24, 2.45) is 0 Å². The highest BCUT2D eigenvalue weighted by Gasteiger charge is 2.12. The van der Waals surface area contributed by atoms with E-state index in [4.69, 9.17) is 33.0 Å². The van der Waals surface area contributed by atoms with E-state index in [1.807, 2.05) is 0 Å². The summed E-state index contributed by atoms with van der Waals surface area (Å²) in [6.07, 6.45) is 0. The van der Waals surface area contributed by atoms with Crippen molar-refractivity contribution in [2.45, 2.75) is 26.1 Å². The molecule has 2 aromatic carbocycles. The van der Waals surface area contributed by atoms with E-state index in [-0.39, 0.29) is 18.2 Å². The molecule has 7 heteroatoms. The first kappa shape index (κ1) is 18.5. The lowest BCUT2D eigenvalue weighted by atomic mass is 10.2. The monoisotopic (exact) mass is 371 g/mol. The van der Waals surface area contributed by atoms with Crippen molar-refractivity contribution in [3.63, 3.8) is 0 Å². The smallest absolute Gasteiger partial charge is 0.320 e. The summed E-state index contributed by atoms with van der Waals surface area (Å²) in [7, 11) is 0. The Bertz CT molecular complexity index is 740. The maximum absolute atomic E-state index is 13.1. The summed E-state index contributed by atoms with van der Waals surface area (Å²) in [4.78, 5) is 10.9. The van der Waals surface area contributed by atoms with Gasteiger partial charge in [-0.05, 0) is 37.3 Å². The molecule has 1 atom stereocenters. The molecule has 128 valence electrons. The number of halogens is 3. The molecule has 0 aliphatic carbocycles. The lowest BCUT2D eigenvalue weighted by molar-refractivity contribution is -0.139. The van der Waals surface area contributed by atoms with Crippen LogP contribution >= 0.6 is 23.2 Å². The molecular formula is C17H16Cl2FNO3. The van der Waals surface area contributed by atoms with E-state index < -0.39 is 17.8 Å². The standard InChI is InChI=1S/C17H16Cl2FNO3/c1-10(17(22)23)21-8-12-6-13(18)3-5-16(12)24-9-11-2-4-14(20)7-15(11)19/h2-7,10,21H,8-9H2,1H3,(H,22,23). The molecule has 0 aromatic heterocycles. The molecular weight excluding hydrogens is 356 g/mol. The number of carboxylic acids is 1. The number of ether oxygens (including phenoxy) is 1. The molecule has 0 aliphatic rings. The van der Waals surface area contributed by atoms with Crippen LogP contribution in [0.1, 0.15) is 18.1 Å². The van der Waals surface area contributed by atoms with Gasteiger partial charge in [-0.25, -0.2) is 4.39 Å². The van der Waals surface area contributed by atoms with E-state index >= 15 is 0 Å². The molecule has 0 fully saturated rings. The summed E-state index contributed by atoms with van der Waals surface area (Å²) in [6, 6.07) is 8.45. The maximum Gasteiger partial charge on any atom is 0.320 e. The average Bonchev–Trinajstić information content (AvgIpc) is 2.52. The van der Waals surface area contributed by atoms with Crippen LogP contribution < -0.4 is 10.1 Å². The molecule has 0 saturated carbocycles. The van der Waals surface area contributed by atoms with Crippen LogP contribution in [0.2, 0.25) is 10.0 Å². The highest BCUT2D eigenvalue weighted by Crippen LogP contribution is 2.25. The molecule has 0 spiro atoms. The maximum atomic E-state index is 13.1. The Labute approximate surface area is 149 Å². The topological polar surface area (TPSA) is 58.6 Å². The molecule has 4 nitrogen and oxygen atoms in total. The molecule has 2 aromatic rings. The minimum Gasteiger partial charge on any atom is -0.489 e. The van der Waals surface area contributed by atoms with E-state index in [0.717, 1.165) is 0 Å². The Balaban J connectivity index is 2.10. The molecule has 0 saturated heterocycles. The number of nitrogens with one attached hydrogen (secondary N) is 1. The number of carboxylic acid groups (broad SMARTS) is 1. The minimum atomic E-state index is -0.947. The third-order valence-electron chi connectivity index (χ3n) is 3.39. The molecule has 2 rings (SSSR count). The van der Waals surface area contributed by atoms with Gasteiger partial charge in [0.2, 0.25) is 0 Å². The van der Waals surface area contributed by atoms with E-state index in [9.17, 15) is 9.18 Å². The fraction of sp³-hybridized carbons (Fsp3) is 0.235. The number of hydrogen-bond donors (Lipinski definition) is 2. The van der Waals surface area contributed by atoms with Gasteiger partial charge in [0, 0.05) is 22.7 Å². The number of benzene rings is 2. The summed E-state index contributed by atoms with van der Waals surface area (Å²) in [5, 5.41) is 12.6. The zero-order valence-electron chi connectivity index (χ0n) is 12.9. The minimum absolute atomic E-state index is 0.155. The van der Waals surface area contributed by atoms with Gasteiger partial charge in [-0.2, -0.15) is 0 Å². The third-order valence-corrected chi connectivity index (χ3v) is 3.98. The van der Waals surface area contributed by atoms with Crippen molar-refractivity contribution in [3.05, 3.63) is 63.4 Å². The van der Waals surface area contributed by atoms with Crippen LogP contribution in [0.3, 0.4) is 0 Å². The first-order chi connectivity index (χ1) is 11.4. The summed E-state index contributed by atoms with van der Waals surface area (Å²) in [5.74, 6) is -0.815. The molecule has 0 aliphatic heterocycles. The van der Waals surface area contributed by atoms with Gasteiger partial charge in [0.15, 0.2) is 0 Å². The van der Waals surface area contributed by atoms with Gasteiger partial charge in [0.05, 0.1) is 5.02 Å². The fourth-order valence-electron chi connectivity index (χ4n) is 1.97. The van der Waals surface area contributed by atoms with E-state index in [1.165, 1.54) is 12.1 Å². The van der Waals surface area contributed by atoms with Gasteiger partial charge in [0.25, 0.3) is 0 Å². The van der Waals surface area contributed by atoms with Gasteiger partial charge in [-0.15, -0.1) is 0 Å². The zero-order valence-corrected chi connectivity index (χ0v) is 14.4. The largest absolute Gasteiger partial charge is 0.489 e. The first-order valence-electron chi connectivity index (χ1n) is 7.18. The van der Waals surface area contributed by atoms with Crippen molar-refractivity contribution in [3.8, 4) is 5.75 Å². The number of aliphatic carboxylic acids is 1. The van der Waals surface area contributed by atoms with Crippen molar-refractivity contribution >= 4 is 29.2 Å². The lowest BCUT2D eigenvalue weighted by Gasteiger charge is -2.15. The molecule has 2 N–H and O–H groups in total. The van der Waals surface area contributed by atoms with Crippen molar-refractivity contribution < 1.29 is 19.0 Å². The normalized spacial score (nSPS) is 12.0. The number of hydrogen-bond acceptors (Lipinski definition) is 3. The van der Waals surface area contributed by atoms with Crippen molar-refractivity contribution in [2.75, 3.05) is 0 Å². The summed E-state index contributed by atoms with van der Waals surface area (Å²) >= 11 is 12.0. The Morgan fingerprint density at radius 1 is 1.25 bits per heavy atom. The van der Waals surface area contributed by atoms with Gasteiger partial charge in [0.1, 0.15) is 24.2 Å². The molecule has 24 heavy (non-hydrogen) atoms. The van der Waals surface area contributed by atoms with Crippen LogP contribution in [0.4, 0.5) is 4.39 Å². The predicted molar refractivity (Wildman–Crippen MR) is 91.1 cm³/mol. The highest BCUT2D eigenvalue weighted by atomic mass is 35.5. The van der Waals surface area contributed by atoms with Crippen LogP contribution in [0.25, 0.3) is 0 Å². The molecule has 0 bridgehead atoms.